The van der Waals surface area contributed by atoms with Crippen LogP contribution in [0.3, 0.4) is 0 Å². The van der Waals surface area contributed by atoms with Crippen LogP contribution in [0.15, 0.2) is 24.3 Å². The summed E-state index contributed by atoms with van der Waals surface area (Å²) in [6.45, 7) is 1.77. The third-order valence-corrected chi connectivity index (χ3v) is 5.42. The first-order valence-electron chi connectivity index (χ1n) is 9.14. The molecule has 1 aromatic heterocycles. The van der Waals surface area contributed by atoms with E-state index >= 15 is 0 Å². The third kappa shape index (κ3) is 4.44. The minimum atomic E-state index is -0.553. The summed E-state index contributed by atoms with van der Waals surface area (Å²) in [7, 11) is 0. The molecule has 9 heteroatoms. The second-order valence-corrected chi connectivity index (χ2v) is 7.33. The van der Waals surface area contributed by atoms with Crippen molar-refractivity contribution in [2.75, 3.05) is 0 Å². The van der Waals surface area contributed by atoms with Gasteiger partial charge in [-0.3, -0.25) is 4.79 Å². The van der Waals surface area contributed by atoms with Crippen LogP contribution in [0.4, 0.5) is 4.39 Å². The molecule has 2 aliphatic rings. The molecule has 0 aliphatic carbocycles. The first-order chi connectivity index (χ1) is 12.6. The normalized spacial score (nSPS) is 24.9. The molecule has 2 bridgehead atoms. The van der Waals surface area contributed by atoms with Crippen molar-refractivity contribution in [2.45, 2.75) is 63.2 Å². The van der Waals surface area contributed by atoms with E-state index in [0.29, 0.717) is 24.3 Å². The highest BCUT2D eigenvalue weighted by molar-refractivity contribution is 5.85. The van der Waals surface area contributed by atoms with Crippen LogP contribution in [-0.2, 0) is 11.2 Å². The maximum Gasteiger partial charge on any atom is 0.245 e. The molecule has 2 saturated heterocycles. The maximum atomic E-state index is 13.2. The first kappa shape index (κ1) is 19.7. The van der Waals surface area contributed by atoms with Gasteiger partial charge in [0.1, 0.15) is 17.7 Å². The van der Waals surface area contributed by atoms with Crippen LogP contribution in [0.5, 0.6) is 0 Å². The summed E-state index contributed by atoms with van der Waals surface area (Å²) >= 11 is 0. The van der Waals surface area contributed by atoms with Gasteiger partial charge in [0.05, 0.1) is 0 Å². The van der Waals surface area contributed by atoms with Crippen LogP contribution in [-0.4, -0.2) is 44.2 Å². The van der Waals surface area contributed by atoms with Crippen LogP contribution < -0.4 is 10.6 Å². The predicted molar refractivity (Wildman–Crippen MR) is 100 cm³/mol. The minimum Gasteiger partial charge on any atom is -0.351 e. The number of carbonyl (C=O) groups is 1. The number of carbonyl (C=O) groups excluding carboxylic acids is 1. The smallest absolute Gasteiger partial charge is 0.245 e. The lowest BCUT2D eigenvalue weighted by molar-refractivity contribution is -0.125. The second-order valence-electron chi connectivity index (χ2n) is 7.33. The van der Waals surface area contributed by atoms with Crippen LogP contribution in [0.2, 0.25) is 0 Å². The minimum absolute atomic E-state index is 0. The Morgan fingerprint density at radius 2 is 1.96 bits per heavy atom. The summed E-state index contributed by atoms with van der Waals surface area (Å²) in [5.41, 5.74) is 0.867. The largest absolute Gasteiger partial charge is 0.351 e. The molecule has 0 saturated carbocycles. The van der Waals surface area contributed by atoms with Gasteiger partial charge in [-0.2, -0.15) is 0 Å². The zero-order valence-electron chi connectivity index (χ0n) is 15.1. The van der Waals surface area contributed by atoms with Crippen LogP contribution >= 0.6 is 12.4 Å². The van der Waals surface area contributed by atoms with E-state index in [1.54, 1.807) is 23.7 Å². The van der Waals surface area contributed by atoms with Gasteiger partial charge in [0.15, 0.2) is 0 Å². The molecule has 2 fully saturated rings. The number of nitrogens with one attached hydrogen (secondary N) is 2. The van der Waals surface area contributed by atoms with Gasteiger partial charge in [0.2, 0.25) is 5.91 Å². The molecule has 2 aromatic rings. The Hall–Kier alpha value is -2.06. The van der Waals surface area contributed by atoms with Crippen molar-refractivity contribution >= 4 is 18.3 Å². The SMILES string of the molecule is Cc1nnnn1C(Cc1ccc(F)cc1)C(=O)NC1CC2CCC(C1)N2.Cl. The molecule has 2 aliphatic heterocycles. The average molecular weight is 395 g/mol. The molecule has 3 unspecified atom stereocenters. The van der Waals surface area contributed by atoms with E-state index in [4.69, 9.17) is 0 Å². The highest BCUT2D eigenvalue weighted by Crippen LogP contribution is 2.27. The van der Waals surface area contributed by atoms with Gasteiger partial charge in [-0.15, -0.1) is 17.5 Å². The first-order valence-corrected chi connectivity index (χ1v) is 9.14. The van der Waals surface area contributed by atoms with E-state index in [9.17, 15) is 9.18 Å². The van der Waals surface area contributed by atoms with Crippen LogP contribution in [0, 0.1) is 12.7 Å². The maximum absolute atomic E-state index is 13.2. The average Bonchev–Trinajstić information content (AvgIpc) is 3.19. The summed E-state index contributed by atoms with van der Waals surface area (Å²) in [4.78, 5) is 13.0. The molecular weight excluding hydrogens is 371 g/mol. The third-order valence-electron chi connectivity index (χ3n) is 5.42. The van der Waals surface area contributed by atoms with E-state index < -0.39 is 6.04 Å². The molecule has 3 heterocycles. The molecule has 4 rings (SSSR count). The highest BCUT2D eigenvalue weighted by atomic mass is 35.5. The summed E-state index contributed by atoms with van der Waals surface area (Å²) in [6, 6.07) is 6.83. The molecule has 3 atom stereocenters. The standard InChI is InChI=1S/C18H23FN6O.ClH/c1-11-22-23-24-25(11)17(8-12-2-4-13(19)5-3-12)18(26)21-16-9-14-6-7-15(10-16)20-14;/h2-5,14-17,20H,6-10H2,1H3,(H,21,26);1H. The van der Waals surface area contributed by atoms with E-state index in [0.717, 1.165) is 18.4 Å². The van der Waals surface area contributed by atoms with E-state index in [1.165, 1.54) is 25.0 Å². The van der Waals surface area contributed by atoms with Gasteiger partial charge in [-0.05, 0) is 60.7 Å². The molecule has 1 amide bonds. The Morgan fingerprint density at radius 1 is 1.30 bits per heavy atom. The molecule has 146 valence electrons. The van der Waals surface area contributed by atoms with Gasteiger partial charge in [-0.25, -0.2) is 9.07 Å². The van der Waals surface area contributed by atoms with Gasteiger partial charge in [0, 0.05) is 24.5 Å². The van der Waals surface area contributed by atoms with Crippen molar-refractivity contribution in [3.05, 3.63) is 41.5 Å². The quantitative estimate of drug-likeness (QED) is 0.806. The molecule has 27 heavy (non-hydrogen) atoms. The molecule has 0 spiro atoms. The number of fused-ring (bicyclic) bond motifs is 2. The van der Waals surface area contributed by atoms with E-state index in [-0.39, 0.29) is 30.2 Å². The van der Waals surface area contributed by atoms with Crippen molar-refractivity contribution in [3.8, 4) is 0 Å². The number of amides is 1. The Kier molecular flexibility index (Phi) is 6.06. The lowest BCUT2D eigenvalue weighted by Gasteiger charge is -2.31. The number of rotatable bonds is 5. The number of piperidine rings is 1. The van der Waals surface area contributed by atoms with Crippen molar-refractivity contribution in [1.29, 1.82) is 0 Å². The Labute approximate surface area is 163 Å². The number of nitrogens with zero attached hydrogens (tertiary/aromatic N) is 4. The number of benzene rings is 1. The summed E-state index contributed by atoms with van der Waals surface area (Å²) in [5.74, 6) is 0.201. The van der Waals surface area contributed by atoms with Gasteiger partial charge in [0.25, 0.3) is 0 Å². The molecule has 1 aromatic carbocycles. The Morgan fingerprint density at radius 3 is 2.56 bits per heavy atom. The molecule has 0 radical (unpaired) electrons. The van der Waals surface area contributed by atoms with Crippen molar-refractivity contribution in [1.82, 2.24) is 30.8 Å². The highest BCUT2D eigenvalue weighted by Gasteiger charge is 2.35. The predicted octanol–water partition coefficient (Wildman–Crippen LogP) is 1.73. The van der Waals surface area contributed by atoms with Crippen molar-refractivity contribution in [3.63, 3.8) is 0 Å². The number of hydrogen-bond donors (Lipinski definition) is 2. The van der Waals surface area contributed by atoms with Gasteiger partial charge in [-0.1, -0.05) is 12.1 Å². The summed E-state index contributed by atoms with van der Waals surface area (Å²) in [5, 5.41) is 18.4. The lowest BCUT2D eigenvalue weighted by Crippen LogP contribution is -2.49. The fourth-order valence-electron chi connectivity index (χ4n) is 4.13. The van der Waals surface area contributed by atoms with Gasteiger partial charge < -0.3 is 10.6 Å². The van der Waals surface area contributed by atoms with Crippen LogP contribution in [0.25, 0.3) is 0 Å². The number of hydrogen-bond acceptors (Lipinski definition) is 5. The summed E-state index contributed by atoms with van der Waals surface area (Å²) in [6.07, 6.45) is 4.69. The topological polar surface area (TPSA) is 84.7 Å². The summed E-state index contributed by atoms with van der Waals surface area (Å²) < 4.78 is 14.7. The fraction of sp³-hybridized carbons (Fsp3) is 0.556. The molecule has 7 nitrogen and oxygen atoms in total. The molecular formula is C18H24ClFN6O. The lowest BCUT2D eigenvalue weighted by atomic mass is 9.98. The monoisotopic (exact) mass is 394 g/mol. The Bertz CT molecular complexity index is 770. The van der Waals surface area contributed by atoms with E-state index in [1.807, 2.05) is 0 Å². The van der Waals surface area contributed by atoms with Crippen LogP contribution in [0.1, 0.15) is 43.1 Å². The second kappa shape index (κ2) is 8.31. The zero-order valence-corrected chi connectivity index (χ0v) is 16.0. The number of aryl methyl sites for hydroxylation is 1. The molecule has 2 N–H and O–H groups in total. The van der Waals surface area contributed by atoms with E-state index in [2.05, 4.69) is 26.2 Å². The van der Waals surface area contributed by atoms with Crippen molar-refractivity contribution in [2.24, 2.45) is 0 Å². The zero-order chi connectivity index (χ0) is 18.1. The number of aromatic nitrogens is 4. The Balaban J connectivity index is 0.00000210. The van der Waals surface area contributed by atoms with Crippen molar-refractivity contribution < 1.29 is 9.18 Å². The fourth-order valence-corrected chi connectivity index (χ4v) is 4.13. The number of tetrazole rings is 1. The van der Waals surface area contributed by atoms with Gasteiger partial charge >= 0.3 is 0 Å². The number of halogens is 2.